The molecule has 0 saturated carbocycles. The molecule has 2 aromatic heterocycles. The molecule has 1 fully saturated rings. The Hall–Kier alpha value is -2.77. The second-order valence-corrected chi connectivity index (χ2v) is 6.90. The monoisotopic (exact) mass is 415 g/mol. The third-order valence-corrected chi connectivity index (χ3v) is 4.89. The van der Waals surface area contributed by atoms with Crippen LogP contribution in [0, 0.1) is 12.7 Å². The summed E-state index contributed by atoms with van der Waals surface area (Å²) in [7, 11) is 2.06. The van der Waals surface area contributed by atoms with Crippen molar-refractivity contribution < 1.29 is 18.7 Å². The average Bonchev–Trinajstić information content (AvgIpc) is 3.34. The van der Waals surface area contributed by atoms with Gasteiger partial charge in [0.05, 0.1) is 23.4 Å². The number of furan rings is 1. The standard InChI is InChI=1S/C15H11FN2O2.C6H13NO.C2H6/c1-9-2-3-12(11(16)6-9)18-15-10-7-17-5-4-13(10)20-14(15)8-19;1-7-4-2-3-6(7)5-8;1-2/h2-8,18H,1H3;6,8H,2-5H2,1H3;1-2H3. The van der Waals surface area contributed by atoms with Gasteiger partial charge in [-0.05, 0) is 57.1 Å². The van der Waals surface area contributed by atoms with Crippen LogP contribution in [0.25, 0.3) is 11.0 Å². The third kappa shape index (κ3) is 5.64. The van der Waals surface area contributed by atoms with Crippen molar-refractivity contribution in [3.8, 4) is 0 Å². The molecular formula is C23H30FN3O3. The SMILES string of the molecule is CC.CN1CCCC1CO.Cc1ccc(Nc2c(C=O)oc3ccncc23)c(F)c1. The molecule has 1 atom stereocenters. The smallest absolute Gasteiger partial charge is 0.191 e. The van der Waals surface area contributed by atoms with Crippen LogP contribution < -0.4 is 5.32 Å². The van der Waals surface area contributed by atoms with Gasteiger partial charge >= 0.3 is 0 Å². The number of nitrogens with zero attached hydrogens (tertiary/aromatic N) is 2. The van der Waals surface area contributed by atoms with Crippen molar-refractivity contribution in [2.45, 2.75) is 39.7 Å². The summed E-state index contributed by atoms with van der Waals surface area (Å²) in [5, 5.41) is 12.2. The zero-order chi connectivity index (χ0) is 22.1. The minimum absolute atomic E-state index is 0.118. The van der Waals surface area contributed by atoms with E-state index in [0.717, 1.165) is 12.1 Å². The van der Waals surface area contributed by atoms with Crippen molar-refractivity contribution in [1.82, 2.24) is 9.88 Å². The number of aldehydes is 1. The molecule has 1 aliphatic heterocycles. The Balaban J connectivity index is 0.000000269. The number of halogens is 1. The summed E-state index contributed by atoms with van der Waals surface area (Å²) in [5.74, 6) is -0.270. The Bertz CT molecular complexity index is 958. The lowest BCUT2D eigenvalue weighted by Crippen LogP contribution is -2.27. The highest BCUT2D eigenvalue weighted by molar-refractivity contribution is 6.00. The lowest BCUT2D eigenvalue weighted by Gasteiger charge is -2.15. The van der Waals surface area contributed by atoms with Gasteiger partial charge in [0.1, 0.15) is 11.4 Å². The summed E-state index contributed by atoms with van der Waals surface area (Å²) >= 11 is 0. The molecule has 4 rings (SSSR count). The molecule has 30 heavy (non-hydrogen) atoms. The maximum absolute atomic E-state index is 13.9. The molecular weight excluding hydrogens is 385 g/mol. The number of nitrogens with one attached hydrogen (secondary N) is 1. The third-order valence-electron chi connectivity index (χ3n) is 4.89. The molecule has 0 bridgehead atoms. The summed E-state index contributed by atoms with van der Waals surface area (Å²) in [6.07, 6.45) is 6.15. The predicted octanol–water partition coefficient (Wildman–Crippen LogP) is 4.93. The number of aliphatic hydroxyl groups excluding tert-OH is 1. The Kier molecular flexibility index (Phi) is 8.95. The summed E-state index contributed by atoms with van der Waals surface area (Å²) in [6, 6.07) is 6.93. The molecule has 2 N–H and O–H groups in total. The molecule has 0 spiro atoms. The molecule has 1 unspecified atom stereocenters. The van der Waals surface area contributed by atoms with E-state index in [1.165, 1.54) is 18.9 Å². The Morgan fingerprint density at radius 2 is 2.13 bits per heavy atom. The van der Waals surface area contributed by atoms with Gasteiger partial charge in [0.15, 0.2) is 12.0 Å². The Morgan fingerprint density at radius 3 is 2.70 bits per heavy atom. The first-order valence-corrected chi connectivity index (χ1v) is 10.2. The van der Waals surface area contributed by atoms with Crippen molar-refractivity contribution in [2.75, 3.05) is 25.5 Å². The number of aryl methyl sites for hydroxylation is 1. The summed E-state index contributed by atoms with van der Waals surface area (Å²) in [4.78, 5) is 17.3. The first kappa shape index (κ1) is 23.5. The number of fused-ring (bicyclic) bond motifs is 1. The van der Waals surface area contributed by atoms with E-state index in [4.69, 9.17) is 9.52 Å². The number of pyridine rings is 1. The topological polar surface area (TPSA) is 78.6 Å². The second-order valence-electron chi connectivity index (χ2n) is 6.90. The van der Waals surface area contributed by atoms with Crippen LogP contribution in [0.15, 0.2) is 41.1 Å². The number of aliphatic hydroxyl groups is 1. The van der Waals surface area contributed by atoms with Crippen LogP contribution in [0.4, 0.5) is 15.8 Å². The lowest BCUT2D eigenvalue weighted by atomic mass is 10.2. The zero-order valence-electron chi connectivity index (χ0n) is 18.0. The molecule has 0 aliphatic carbocycles. The van der Waals surface area contributed by atoms with Gasteiger partial charge in [-0.25, -0.2) is 4.39 Å². The van der Waals surface area contributed by atoms with Gasteiger partial charge < -0.3 is 19.7 Å². The first-order chi connectivity index (χ1) is 14.5. The summed E-state index contributed by atoms with van der Waals surface area (Å²) < 4.78 is 19.3. The molecule has 0 radical (unpaired) electrons. The molecule has 3 aromatic rings. The highest BCUT2D eigenvalue weighted by Crippen LogP contribution is 2.32. The normalized spacial score (nSPS) is 15.7. The van der Waals surface area contributed by atoms with Crippen LogP contribution in [0.2, 0.25) is 0 Å². The zero-order valence-corrected chi connectivity index (χ0v) is 18.0. The van der Waals surface area contributed by atoms with E-state index < -0.39 is 0 Å². The predicted molar refractivity (Wildman–Crippen MR) is 118 cm³/mol. The highest BCUT2D eigenvalue weighted by atomic mass is 19.1. The quantitative estimate of drug-likeness (QED) is 0.588. The number of likely N-dealkylation sites (tertiary alicyclic amines) is 1. The van der Waals surface area contributed by atoms with Gasteiger partial charge in [-0.3, -0.25) is 9.78 Å². The molecule has 7 heteroatoms. The maximum atomic E-state index is 13.9. The van der Waals surface area contributed by atoms with Crippen molar-refractivity contribution in [3.63, 3.8) is 0 Å². The van der Waals surface area contributed by atoms with Gasteiger partial charge in [0, 0.05) is 18.4 Å². The molecule has 0 amide bonds. The van der Waals surface area contributed by atoms with Gasteiger partial charge in [-0.1, -0.05) is 19.9 Å². The van der Waals surface area contributed by atoms with E-state index in [1.807, 2.05) is 13.8 Å². The van der Waals surface area contributed by atoms with Gasteiger partial charge in [-0.2, -0.15) is 0 Å². The number of rotatable bonds is 4. The number of carbonyl (C=O) groups excluding carboxylic acids is 1. The molecule has 1 saturated heterocycles. The fourth-order valence-electron chi connectivity index (χ4n) is 3.24. The number of benzene rings is 1. The fraction of sp³-hybridized carbons (Fsp3) is 0.391. The number of hydrogen-bond acceptors (Lipinski definition) is 6. The number of aromatic nitrogens is 1. The van der Waals surface area contributed by atoms with Crippen LogP contribution in [0.1, 0.15) is 42.8 Å². The van der Waals surface area contributed by atoms with Crippen molar-refractivity contribution in [3.05, 3.63) is 53.8 Å². The Morgan fingerprint density at radius 1 is 1.37 bits per heavy atom. The van der Waals surface area contributed by atoms with E-state index in [-0.39, 0.29) is 17.3 Å². The minimum Gasteiger partial charge on any atom is -0.451 e. The summed E-state index contributed by atoms with van der Waals surface area (Å²) in [6.45, 7) is 7.29. The number of likely N-dealkylation sites (N-methyl/N-ethyl adjacent to an activating group) is 1. The molecule has 3 heterocycles. The maximum Gasteiger partial charge on any atom is 0.191 e. The van der Waals surface area contributed by atoms with Crippen LogP contribution >= 0.6 is 0 Å². The molecule has 1 aromatic carbocycles. The van der Waals surface area contributed by atoms with Gasteiger partial charge in [0.25, 0.3) is 0 Å². The summed E-state index contributed by atoms with van der Waals surface area (Å²) in [5.41, 5.74) is 2.05. The number of carbonyl (C=O) groups is 1. The van der Waals surface area contributed by atoms with Crippen LogP contribution in [0.3, 0.4) is 0 Å². The highest BCUT2D eigenvalue weighted by Gasteiger charge is 2.18. The van der Waals surface area contributed by atoms with Crippen LogP contribution in [0.5, 0.6) is 0 Å². The molecule has 162 valence electrons. The van der Waals surface area contributed by atoms with Crippen molar-refractivity contribution in [1.29, 1.82) is 0 Å². The first-order valence-electron chi connectivity index (χ1n) is 10.2. The van der Waals surface area contributed by atoms with Gasteiger partial charge in [0.2, 0.25) is 0 Å². The van der Waals surface area contributed by atoms with Gasteiger partial charge in [-0.15, -0.1) is 0 Å². The average molecular weight is 416 g/mol. The number of hydrogen-bond donors (Lipinski definition) is 2. The number of anilines is 2. The second kappa shape index (κ2) is 11.4. The molecule has 1 aliphatic rings. The van der Waals surface area contributed by atoms with Crippen LogP contribution in [-0.2, 0) is 0 Å². The minimum atomic E-state index is -0.389. The van der Waals surface area contributed by atoms with Crippen LogP contribution in [-0.4, -0.2) is 47.5 Å². The van der Waals surface area contributed by atoms with Crippen molar-refractivity contribution in [2.24, 2.45) is 0 Å². The van der Waals surface area contributed by atoms with Crippen molar-refractivity contribution >= 4 is 28.6 Å². The lowest BCUT2D eigenvalue weighted by molar-refractivity contribution is 0.110. The van der Waals surface area contributed by atoms with E-state index in [2.05, 4.69) is 22.2 Å². The fourth-order valence-corrected chi connectivity index (χ4v) is 3.24. The van der Waals surface area contributed by atoms with E-state index in [0.29, 0.717) is 35.6 Å². The van der Waals surface area contributed by atoms with E-state index in [1.54, 1.807) is 37.5 Å². The largest absolute Gasteiger partial charge is 0.451 e. The molecule has 6 nitrogen and oxygen atoms in total. The van der Waals surface area contributed by atoms with E-state index in [9.17, 15) is 9.18 Å². The Labute approximate surface area is 176 Å². The van der Waals surface area contributed by atoms with E-state index >= 15 is 0 Å².